The molecule has 1 aliphatic heterocycles. The van der Waals surface area contributed by atoms with E-state index in [4.69, 9.17) is 5.11 Å². The number of carbonyl (C=O) groups is 1. The summed E-state index contributed by atoms with van der Waals surface area (Å²) < 4.78 is 0. The van der Waals surface area contributed by atoms with Crippen LogP contribution in [-0.2, 0) is 10.2 Å². The third kappa shape index (κ3) is 2.29. The van der Waals surface area contributed by atoms with Crippen LogP contribution in [0, 0.1) is 5.92 Å². The van der Waals surface area contributed by atoms with Crippen LogP contribution < -0.4 is 4.90 Å². The van der Waals surface area contributed by atoms with Gasteiger partial charge in [0.1, 0.15) is 5.41 Å². The summed E-state index contributed by atoms with van der Waals surface area (Å²) in [6.07, 6.45) is 1.19. The smallest absolute Gasteiger partial charge is 0.315 e. The Morgan fingerprint density at radius 1 is 1.65 bits per heavy atom. The Morgan fingerprint density at radius 2 is 2.35 bits per heavy atom. The van der Waals surface area contributed by atoms with Crippen molar-refractivity contribution in [3.05, 3.63) is 11.1 Å². The molecule has 1 atom stereocenters. The van der Waals surface area contributed by atoms with Crippen LogP contribution in [0.25, 0.3) is 0 Å². The standard InChI is InChI=1S/C12H18N2O2S/c1-8-4-5-14(6-8)11-13-9(7-17-11)12(2,3)10(15)16/h7-8H,4-6H2,1-3H3,(H,15,16). The number of thiazole rings is 1. The minimum atomic E-state index is -0.903. The average molecular weight is 254 g/mol. The monoisotopic (exact) mass is 254 g/mol. The third-order valence-corrected chi connectivity index (χ3v) is 4.26. The van der Waals surface area contributed by atoms with Gasteiger partial charge in [-0.15, -0.1) is 11.3 Å². The van der Waals surface area contributed by atoms with E-state index >= 15 is 0 Å². The lowest BCUT2D eigenvalue weighted by atomic mass is 9.90. The van der Waals surface area contributed by atoms with E-state index in [1.165, 1.54) is 6.42 Å². The van der Waals surface area contributed by atoms with Crippen molar-refractivity contribution in [2.45, 2.75) is 32.6 Å². The van der Waals surface area contributed by atoms with Crippen molar-refractivity contribution >= 4 is 22.4 Å². The van der Waals surface area contributed by atoms with Crippen LogP contribution in [0.2, 0.25) is 0 Å². The predicted octanol–water partition coefficient (Wildman–Crippen LogP) is 2.35. The van der Waals surface area contributed by atoms with E-state index in [0.717, 1.165) is 18.2 Å². The first-order valence-electron chi connectivity index (χ1n) is 5.85. The largest absolute Gasteiger partial charge is 0.481 e. The fourth-order valence-electron chi connectivity index (χ4n) is 1.91. The molecule has 1 fully saturated rings. The molecule has 1 aromatic heterocycles. The highest BCUT2D eigenvalue weighted by Crippen LogP contribution is 2.31. The topological polar surface area (TPSA) is 53.4 Å². The molecule has 2 heterocycles. The Hall–Kier alpha value is -1.10. The first kappa shape index (κ1) is 12.4. The molecule has 1 unspecified atom stereocenters. The minimum absolute atomic E-state index is 0.657. The molecule has 0 aromatic carbocycles. The quantitative estimate of drug-likeness (QED) is 0.899. The molecule has 2 rings (SSSR count). The number of aliphatic carboxylic acids is 1. The molecular formula is C12H18N2O2S. The summed E-state index contributed by atoms with van der Waals surface area (Å²) >= 11 is 1.54. The summed E-state index contributed by atoms with van der Waals surface area (Å²) in [6.45, 7) is 7.68. The van der Waals surface area contributed by atoms with E-state index in [1.54, 1.807) is 25.2 Å². The van der Waals surface area contributed by atoms with Gasteiger partial charge in [0.05, 0.1) is 5.69 Å². The maximum Gasteiger partial charge on any atom is 0.315 e. The summed E-state index contributed by atoms with van der Waals surface area (Å²) in [6, 6.07) is 0. The minimum Gasteiger partial charge on any atom is -0.481 e. The predicted molar refractivity (Wildman–Crippen MR) is 68.8 cm³/mol. The maximum absolute atomic E-state index is 11.2. The molecule has 94 valence electrons. The van der Waals surface area contributed by atoms with Gasteiger partial charge in [0.15, 0.2) is 5.13 Å². The second-order valence-electron chi connectivity index (χ2n) is 5.29. The molecule has 0 saturated carbocycles. The lowest BCUT2D eigenvalue weighted by Crippen LogP contribution is -2.29. The first-order chi connectivity index (χ1) is 7.91. The first-order valence-corrected chi connectivity index (χ1v) is 6.73. The van der Waals surface area contributed by atoms with E-state index in [2.05, 4.69) is 16.8 Å². The fraction of sp³-hybridized carbons (Fsp3) is 0.667. The summed E-state index contributed by atoms with van der Waals surface area (Å²) in [7, 11) is 0. The molecule has 1 saturated heterocycles. The van der Waals surface area contributed by atoms with Crippen molar-refractivity contribution in [2.24, 2.45) is 5.92 Å². The van der Waals surface area contributed by atoms with Gasteiger partial charge in [-0.3, -0.25) is 4.79 Å². The van der Waals surface area contributed by atoms with Crippen molar-refractivity contribution in [1.82, 2.24) is 4.98 Å². The van der Waals surface area contributed by atoms with Gasteiger partial charge >= 0.3 is 5.97 Å². The second kappa shape index (κ2) is 4.29. The Balaban J connectivity index is 2.19. The number of anilines is 1. The molecule has 0 radical (unpaired) electrons. The molecule has 0 spiro atoms. The van der Waals surface area contributed by atoms with Gasteiger partial charge < -0.3 is 10.0 Å². The highest BCUT2D eigenvalue weighted by molar-refractivity contribution is 7.13. The number of hydrogen-bond donors (Lipinski definition) is 1. The average Bonchev–Trinajstić information content (AvgIpc) is 2.85. The van der Waals surface area contributed by atoms with E-state index in [1.807, 2.05) is 5.38 Å². The molecule has 0 bridgehead atoms. The Kier molecular flexibility index (Phi) is 3.12. The van der Waals surface area contributed by atoms with E-state index in [-0.39, 0.29) is 0 Å². The number of hydrogen-bond acceptors (Lipinski definition) is 4. The number of carboxylic acids is 1. The van der Waals surface area contributed by atoms with E-state index < -0.39 is 11.4 Å². The number of rotatable bonds is 3. The van der Waals surface area contributed by atoms with Crippen LogP contribution in [0.1, 0.15) is 32.9 Å². The van der Waals surface area contributed by atoms with Gasteiger partial charge in [0.2, 0.25) is 0 Å². The normalized spacial score (nSPS) is 20.9. The molecule has 1 aliphatic rings. The zero-order valence-electron chi connectivity index (χ0n) is 10.4. The zero-order chi connectivity index (χ0) is 12.6. The molecule has 17 heavy (non-hydrogen) atoms. The van der Waals surface area contributed by atoms with Crippen LogP contribution in [0.5, 0.6) is 0 Å². The molecule has 0 amide bonds. The Morgan fingerprint density at radius 3 is 2.88 bits per heavy atom. The van der Waals surface area contributed by atoms with Crippen molar-refractivity contribution in [2.75, 3.05) is 18.0 Å². The van der Waals surface area contributed by atoms with Crippen LogP contribution in [0.4, 0.5) is 5.13 Å². The molecule has 1 N–H and O–H groups in total. The van der Waals surface area contributed by atoms with Gasteiger partial charge in [-0.1, -0.05) is 6.92 Å². The Bertz CT molecular complexity index is 428. The lowest BCUT2D eigenvalue weighted by Gasteiger charge is -2.17. The number of aromatic nitrogens is 1. The summed E-state index contributed by atoms with van der Waals surface area (Å²) in [5, 5.41) is 12.0. The van der Waals surface area contributed by atoms with Gasteiger partial charge in [0, 0.05) is 18.5 Å². The van der Waals surface area contributed by atoms with E-state index in [0.29, 0.717) is 11.6 Å². The van der Waals surface area contributed by atoms with Crippen LogP contribution >= 0.6 is 11.3 Å². The molecule has 0 aliphatic carbocycles. The SMILES string of the molecule is CC1CCN(c2nc(C(C)(C)C(=O)O)cs2)C1. The summed E-state index contributed by atoms with van der Waals surface area (Å²) in [5.41, 5.74) is -0.246. The molecular weight excluding hydrogens is 236 g/mol. The Labute approximate surface area is 105 Å². The highest BCUT2D eigenvalue weighted by atomic mass is 32.1. The summed E-state index contributed by atoms with van der Waals surface area (Å²) in [4.78, 5) is 17.9. The number of carboxylic acid groups (broad SMARTS) is 1. The van der Waals surface area contributed by atoms with E-state index in [9.17, 15) is 4.79 Å². The molecule has 5 heteroatoms. The lowest BCUT2D eigenvalue weighted by molar-refractivity contribution is -0.142. The van der Waals surface area contributed by atoms with Gasteiger partial charge in [-0.2, -0.15) is 0 Å². The van der Waals surface area contributed by atoms with Crippen LogP contribution in [-0.4, -0.2) is 29.1 Å². The van der Waals surface area contributed by atoms with Gasteiger partial charge in [0.25, 0.3) is 0 Å². The van der Waals surface area contributed by atoms with Crippen molar-refractivity contribution in [3.63, 3.8) is 0 Å². The third-order valence-electron chi connectivity index (χ3n) is 3.36. The highest BCUT2D eigenvalue weighted by Gasteiger charge is 2.33. The summed E-state index contributed by atoms with van der Waals surface area (Å²) in [5.74, 6) is -0.126. The van der Waals surface area contributed by atoms with Crippen LogP contribution in [0.3, 0.4) is 0 Å². The number of nitrogens with zero attached hydrogens (tertiary/aromatic N) is 2. The molecule has 1 aromatic rings. The van der Waals surface area contributed by atoms with Gasteiger partial charge in [-0.05, 0) is 26.2 Å². The second-order valence-corrected chi connectivity index (χ2v) is 6.12. The van der Waals surface area contributed by atoms with Gasteiger partial charge in [-0.25, -0.2) is 4.98 Å². The molecule has 4 nitrogen and oxygen atoms in total. The van der Waals surface area contributed by atoms with Crippen LogP contribution in [0.15, 0.2) is 5.38 Å². The van der Waals surface area contributed by atoms with Crippen molar-refractivity contribution < 1.29 is 9.90 Å². The van der Waals surface area contributed by atoms with Crippen molar-refractivity contribution in [3.8, 4) is 0 Å². The maximum atomic E-state index is 11.2. The van der Waals surface area contributed by atoms with Crippen molar-refractivity contribution in [1.29, 1.82) is 0 Å². The zero-order valence-corrected chi connectivity index (χ0v) is 11.3. The fourth-order valence-corrected chi connectivity index (χ4v) is 2.95.